The number of fused-ring (bicyclic) bond motifs is 1. The minimum atomic E-state index is -3.85. The van der Waals surface area contributed by atoms with Crippen molar-refractivity contribution in [2.45, 2.75) is 44.6 Å². The SMILES string of the molecule is Cc1cc2c(C)c(C(=O)N3CCOCC3)oc2c(S(=O)(=O)NC[C@H]2CCCO2)c1C. The smallest absolute Gasteiger partial charge is 0.290 e. The third-order valence-electron chi connectivity index (χ3n) is 5.98. The van der Waals surface area contributed by atoms with E-state index in [2.05, 4.69) is 4.72 Å². The minimum Gasteiger partial charge on any atom is -0.449 e. The van der Waals surface area contributed by atoms with Crippen LogP contribution >= 0.6 is 0 Å². The molecular weight excluding hydrogens is 408 g/mol. The van der Waals surface area contributed by atoms with E-state index in [1.54, 1.807) is 18.7 Å². The van der Waals surface area contributed by atoms with Gasteiger partial charge in [0, 0.05) is 37.2 Å². The number of rotatable bonds is 5. The van der Waals surface area contributed by atoms with Gasteiger partial charge in [0.15, 0.2) is 11.3 Å². The molecular formula is C21H28N2O6S. The highest BCUT2D eigenvalue weighted by Gasteiger charge is 2.30. The quantitative estimate of drug-likeness (QED) is 0.772. The lowest BCUT2D eigenvalue weighted by molar-refractivity contribution is 0.0283. The van der Waals surface area contributed by atoms with Crippen molar-refractivity contribution >= 4 is 26.9 Å². The summed E-state index contributed by atoms with van der Waals surface area (Å²) < 4.78 is 45.9. The van der Waals surface area contributed by atoms with Gasteiger partial charge >= 0.3 is 0 Å². The number of ether oxygens (including phenoxy) is 2. The summed E-state index contributed by atoms with van der Waals surface area (Å²) in [6, 6.07) is 1.89. The molecule has 1 aromatic carbocycles. The number of carbonyl (C=O) groups is 1. The number of sulfonamides is 1. The summed E-state index contributed by atoms with van der Waals surface area (Å²) >= 11 is 0. The average molecular weight is 437 g/mol. The molecule has 4 rings (SSSR count). The van der Waals surface area contributed by atoms with E-state index < -0.39 is 10.0 Å². The fraction of sp³-hybridized carbons (Fsp3) is 0.571. The Bertz CT molecular complexity index is 1060. The van der Waals surface area contributed by atoms with Gasteiger partial charge in [-0.15, -0.1) is 0 Å². The van der Waals surface area contributed by atoms with E-state index in [1.807, 2.05) is 13.0 Å². The van der Waals surface area contributed by atoms with Crippen molar-refractivity contribution in [1.29, 1.82) is 0 Å². The highest BCUT2D eigenvalue weighted by atomic mass is 32.2. The first-order chi connectivity index (χ1) is 14.3. The van der Waals surface area contributed by atoms with Crippen LogP contribution in [0.5, 0.6) is 0 Å². The van der Waals surface area contributed by atoms with Crippen LogP contribution < -0.4 is 4.72 Å². The summed E-state index contributed by atoms with van der Waals surface area (Å²) in [6.07, 6.45) is 1.66. The van der Waals surface area contributed by atoms with E-state index in [9.17, 15) is 13.2 Å². The third-order valence-corrected chi connectivity index (χ3v) is 7.55. The highest BCUT2D eigenvalue weighted by molar-refractivity contribution is 7.89. The van der Waals surface area contributed by atoms with Gasteiger partial charge in [-0.1, -0.05) is 0 Å². The summed E-state index contributed by atoms with van der Waals surface area (Å²) in [5, 5.41) is 0.646. The maximum atomic E-state index is 13.2. The topological polar surface area (TPSA) is 98.1 Å². The number of furan rings is 1. The van der Waals surface area contributed by atoms with Crippen LogP contribution in [0.2, 0.25) is 0 Å². The first kappa shape index (κ1) is 21.3. The summed E-state index contributed by atoms with van der Waals surface area (Å²) in [6.45, 7) is 8.24. The number of carbonyl (C=O) groups excluding carboxylic acids is 1. The predicted octanol–water partition coefficient (Wildman–Crippen LogP) is 2.29. The Morgan fingerprint density at radius 1 is 1.17 bits per heavy atom. The van der Waals surface area contributed by atoms with Gasteiger partial charge in [-0.3, -0.25) is 4.79 Å². The van der Waals surface area contributed by atoms with Crippen LogP contribution in [-0.2, 0) is 19.5 Å². The number of nitrogens with zero attached hydrogens (tertiary/aromatic N) is 1. The van der Waals surface area contributed by atoms with Crippen LogP contribution in [-0.4, -0.2) is 64.8 Å². The van der Waals surface area contributed by atoms with Gasteiger partial charge in [0.1, 0.15) is 4.90 Å². The Morgan fingerprint density at radius 2 is 1.90 bits per heavy atom. The molecule has 2 saturated heterocycles. The first-order valence-corrected chi connectivity index (χ1v) is 11.8. The molecule has 164 valence electrons. The standard InChI is InChI=1S/C21H28N2O6S/c1-13-11-17-15(3)18(21(24)23-6-9-27-10-7-23)29-19(17)20(14(13)2)30(25,26)22-12-16-5-4-8-28-16/h11,16,22H,4-10,12H2,1-3H3/t16-/m1/s1. The molecule has 8 nitrogen and oxygen atoms in total. The molecule has 1 N–H and O–H groups in total. The molecule has 0 radical (unpaired) electrons. The molecule has 1 amide bonds. The lowest BCUT2D eigenvalue weighted by atomic mass is 10.0. The van der Waals surface area contributed by atoms with Crippen molar-refractivity contribution in [1.82, 2.24) is 9.62 Å². The molecule has 0 unspecified atom stereocenters. The van der Waals surface area contributed by atoms with Crippen molar-refractivity contribution in [2.24, 2.45) is 0 Å². The van der Waals surface area contributed by atoms with Gasteiger partial charge < -0.3 is 18.8 Å². The maximum absolute atomic E-state index is 13.2. The second kappa shape index (κ2) is 8.30. The van der Waals surface area contributed by atoms with Gasteiger partial charge in [-0.05, 0) is 50.8 Å². The van der Waals surface area contributed by atoms with Gasteiger partial charge in [0.05, 0.1) is 19.3 Å². The van der Waals surface area contributed by atoms with E-state index >= 15 is 0 Å². The summed E-state index contributed by atoms with van der Waals surface area (Å²) in [5.41, 5.74) is 2.32. The van der Waals surface area contributed by atoms with Gasteiger partial charge in [0.2, 0.25) is 10.0 Å². The Kier molecular flexibility index (Phi) is 5.89. The number of morpholine rings is 1. The zero-order chi connectivity index (χ0) is 21.5. The Hall–Kier alpha value is -1.94. The molecule has 2 fully saturated rings. The van der Waals surface area contributed by atoms with Crippen LogP contribution in [0.15, 0.2) is 15.4 Å². The number of benzene rings is 1. The third kappa shape index (κ3) is 3.87. The molecule has 0 saturated carbocycles. The van der Waals surface area contributed by atoms with Gasteiger partial charge in [-0.2, -0.15) is 0 Å². The Labute approximate surface area is 176 Å². The highest BCUT2D eigenvalue weighted by Crippen LogP contribution is 2.35. The van der Waals surface area contributed by atoms with Crippen LogP contribution in [0.3, 0.4) is 0 Å². The van der Waals surface area contributed by atoms with E-state index in [0.717, 1.165) is 18.4 Å². The molecule has 2 aliphatic heterocycles. The van der Waals surface area contributed by atoms with Crippen LogP contribution in [0, 0.1) is 20.8 Å². The average Bonchev–Trinajstić information content (AvgIpc) is 3.36. The maximum Gasteiger partial charge on any atom is 0.290 e. The van der Waals surface area contributed by atoms with E-state index in [-0.39, 0.29) is 34.8 Å². The number of hydrogen-bond donors (Lipinski definition) is 1. The summed E-state index contributed by atoms with van der Waals surface area (Å²) in [4.78, 5) is 14.8. The minimum absolute atomic E-state index is 0.0969. The number of hydrogen-bond acceptors (Lipinski definition) is 6. The van der Waals surface area contributed by atoms with Crippen molar-refractivity contribution < 1.29 is 27.1 Å². The zero-order valence-corrected chi connectivity index (χ0v) is 18.4. The summed E-state index contributed by atoms with van der Waals surface area (Å²) in [5.74, 6) is -0.0505. The van der Waals surface area contributed by atoms with Crippen molar-refractivity contribution in [3.63, 3.8) is 0 Å². The van der Waals surface area contributed by atoms with Crippen molar-refractivity contribution in [2.75, 3.05) is 39.5 Å². The fourth-order valence-electron chi connectivity index (χ4n) is 4.06. The molecule has 0 aliphatic carbocycles. The molecule has 2 aromatic rings. The molecule has 3 heterocycles. The van der Waals surface area contributed by atoms with Gasteiger partial charge in [0.25, 0.3) is 5.91 Å². The van der Waals surface area contributed by atoms with E-state index in [1.165, 1.54) is 0 Å². The second-order valence-electron chi connectivity index (χ2n) is 7.97. The largest absolute Gasteiger partial charge is 0.449 e. The lowest BCUT2D eigenvalue weighted by Crippen LogP contribution is -2.40. The number of nitrogens with one attached hydrogen (secondary N) is 1. The van der Waals surface area contributed by atoms with Crippen molar-refractivity contribution in [3.05, 3.63) is 28.5 Å². The van der Waals surface area contributed by atoms with Crippen molar-refractivity contribution in [3.8, 4) is 0 Å². The molecule has 9 heteroatoms. The Morgan fingerprint density at radius 3 is 2.57 bits per heavy atom. The van der Waals surface area contributed by atoms with E-state index in [4.69, 9.17) is 13.9 Å². The van der Waals surface area contributed by atoms with Crippen LogP contribution in [0.25, 0.3) is 11.0 Å². The number of amides is 1. The molecule has 1 atom stereocenters. The molecule has 0 spiro atoms. The summed E-state index contributed by atoms with van der Waals surface area (Å²) in [7, 11) is -3.85. The van der Waals surface area contributed by atoms with Gasteiger partial charge in [-0.25, -0.2) is 13.1 Å². The van der Waals surface area contributed by atoms with Crippen LogP contribution in [0.1, 0.15) is 40.1 Å². The monoisotopic (exact) mass is 436 g/mol. The molecule has 1 aromatic heterocycles. The predicted molar refractivity (Wildman–Crippen MR) is 111 cm³/mol. The van der Waals surface area contributed by atoms with E-state index in [0.29, 0.717) is 49.4 Å². The Balaban J connectivity index is 1.75. The molecule has 30 heavy (non-hydrogen) atoms. The fourth-order valence-corrected chi connectivity index (χ4v) is 5.57. The molecule has 0 bridgehead atoms. The second-order valence-corrected chi connectivity index (χ2v) is 9.68. The lowest BCUT2D eigenvalue weighted by Gasteiger charge is -2.26. The normalized spacial score (nSPS) is 20.2. The number of aryl methyl sites for hydroxylation is 2. The molecule has 2 aliphatic rings. The first-order valence-electron chi connectivity index (χ1n) is 10.3. The zero-order valence-electron chi connectivity index (χ0n) is 17.6. The van der Waals surface area contributed by atoms with Crippen LogP contribution in [0.4, 0.5) is 0 Å².